The molecular weight excluding hydrogens is 418 g/mol. The van der Waals surface area contributed by atoms with Crippen molar-refractivity contribution >= 4 is 23.1 Å². The number of rotatable bonds is 2. The van der Waals surface area contributed by atoms with Gasteiger partial charge in [0.1, 0.15) is 6.10 Å². The molecule has 3 aromatic heterocycles. The normalized spacial score (nSPS) is 17.9. The Bertz CT molecular complexity index is 1330. The summed E-state index contributed by atoms with van der Waals surface area (Å²) < 4.78 is 10.0. The Hall–Kier alpha value is -3.43. The molecule has 4 aromatic rings. The number of hydrogen-bond donors (Lipinski definition) is 2. The van der Waals surface area contributed by atoms with E-state index in [0.717, 1.165) is 57.1 Å². The molecule has 0 spiro atoms. The molecule has 9 nitrogen and oxygen atoms in total. The number of aromatic amines is 1. The maximum absolute atomic E-state index is 9.47. The van der Waals surface area contributed by atoms with Crippen molar-refractivity contribution in [2.75, 3.05) is 20.2 Å². The topological polar surface area (TPSA) is 97.0 Å². The van der Waals surface area contributed by atoms with Gasteiger partial charge < -0.3 is 9.84 Å². The van der Waals surface area contributed by atoms with Crippen LogP contribution in [-0.4, -0.2) is 66.1 Å². The van der Waals surface area contributed by atoms with E-state index in [-0.39, 0.29) is 12.7 Å². The van der Waals surface area contributed by atoms with Gasteiger partial charge >= 0.3 is 0 Å². The highest BCUT2D eigenvalue weighted by molar-refractivity contribution is 5.93. The van der Waals surface area contributed by atoms with E-state index in [1.165, 1.54) is 0 Å². The molecule has 2 N–H and O–H groups in total. The highest BCUT2D eigenvalue weighted by atomic mass is 16.5. The lowest BCUT2D eigenvalue weighted by atomic mass is 10.0. The first-order valence-electron chi connectivity index (χ1n) is 11.2. The monoisotopic (exact) mass is 447 g/mol. The molecule has 9 heteroatoms. The largest absolute Gasteiger partial charge is 0.473 e. The third kappa shape index (κ3) is 3.94. The van der Waals surface area contributed by atoms with Gasteiger partial charge in [0.25, 0.3) is 0 Å². The number of hydrogen-bond acceptors (Lipinski definition) is 6. The third-order valence-electron chi connectivity index (χ3n) is 6.14. The van der Waals surface area contributed by atoms with Crippen LogP contribution in [0.1, 0.15) is 29.6 Å². The maximum atomic E-state index is 9.47. The molecule has 2 bridgehead atoms. The van der Waals surface area contributed by atoms with Crippen molar-refractivity contribution in [2.45, 2.75) is 33.0 Å². The minimum atomic E-state index is -0.0536. The fourth-order valence-corrected chi connectivity index (χ4v) is 4.51. The van der Waals surface area contributed by atoms with Crippen LogP contribution in [0.5, 0.6) is 5.88 Å². The van der Waals surface area contributed by atoms with Crippen LogP contribution in [-0.2, 0) is 20.1 Å². The lowest BCUT2D eigenvalue weighted by Gasteiger charge is -2.22. The summed E-state index contributed by atoms with van der Waals surface area (Å²) in [4.78, 5) is 2.21. The molecule has 0 amide bonds. The van der Waals surface area contributed by atoms with Crippen LogP contribution in [0, 0.1) is 6.92 Å². The summed E-state index contributed by atoms with van der Waals surface area (Å²) >= 11 is 0. The van der Waals surface area contributed by atoms with Gasteiger partial charge in [0, 0.05) is 36.8 Å². The van der Waals surface area contributed by atoms with E-state index in [9.17, 15) is 5.11 Å². The number of ether oxygens (including phenoxy) is 1. The quantitative estimate of drug-likeness (QED) is 0.491. The molecule has 5 rings (SSSR count). The Morgan fingerprint density at radius 1 is 1.24 bits per heavy atom. The second-order valence-corrected chi connectivity index (χ2v) is 8.71. The number of aryl methyl sites for hydroxylation is 1. The summed E-state index contributed by atoms with van der Waals surface area (Å²) in [6, 6.07) is 6.19. The molecule has 4 heterocycles. The van der Waals surface area contributed by atoms with Gasteiger partial charge in [-0.05, 0) is 50.7 Å². The van der Waals surface area contributed by atoms with E-state index in [2.05, 4.69) is 58.5 Å². The van der Waals surface area contributed by atoms with Gasteiger partial charge in [0.05, 0.1) is 41.8 Å². The number of H-pyrrole nitrogens is 1. The highest BCUT2D eigenvalue weighted by Gasteiger charge is 2.20. The average Bonchev–Trinajstić information content (AvgIpc) is 3.43. The number of aromatic nitrogens is 6. The van der Waals surface area contributed by atoms with Gasteiger partial charge in [-0.15, -0.1) is 0 Å². The first-order valence-corrected chi connectivity index (χ1v) is 11.2. The Morgan fingerprint density at radius 2 is 2.09 bits per heavy atom. The second kappa shape index (κ2) is 8.49. The van der Waals surface area contributed by atoms with E-state index in [4.69, 9.17) is 9.84 Å². The average molecular weight is 448 g/mol. The molecule has 0 saturated carbocycles. The summed E-state index contributed by atoms with van der Waals surface area (Å²) in [5.74, 6) is 0.745. The van der Waals surface area contributed by atoms with E-state index in [1.807, 2.05) is 30.9 Å². The first kappa shape index (κ1) is 21.4. The van der Waals surface area contributed by atoms with E-state index < -0.39 is 0 Å². The van der Waals surface area contributed by atoms with Crippen molar-refractivity contribution < 1.29 is 9.84 Å². The smallest absolute Gasteiger partial charge is 0.219 e. The molecule has 1 atom stereocenters. The van der Waals surface area contributed by atoms with Gasteiger partial charge in [-0.3, -0.25) is 14.7 Å². The number of benzene rings is 1. The van der Waals surface area contributed by atoms with Gasteiger partial charge in [-0.25, -0.2) is 4.68 Å². The number of aliphatic hydroxyl groups excluding tert-OH is 1. The van der Waals surface area contributed by atoms with Crippen molar-refractivity contribution in [3.05, 3.63) is 47.0 Å². The summed E-state index contributed by atoms with van der Waals surface area (Å²) in [5.41, 5.74) is 6.87. The van der Waals surface area contributed by atoms with Crippen LogP contribution >= 0.6 is 0 Å². The predicted molar refractivity (Wildman–Crippen MR) is 128 cm³/mol. The van der Waals surface area contributed by atoms with Crippen LogP contribution in [0.15, 0.2) is 24.4 Å². The van der Waals surface area contributed by atoms with E-state index in [1.54, 1.807) is 4.68 Å². The zero-order valence-electron chi connectivity index (χ0n) is 19.4. The molecular formula is C24H29N7O2. The molecule has 1 aliphatic rings. The number of aliphatic hydroxyl groups is 1. The van der Waals surface area contributed by atoms with Gasteiger partial charge in [0.15, 0.2) is 0 Å². The standard InChI is InChI=1S/C24H29N7O2/c1-15-13-29(3)14-23-18(16(2)31(28-23)9-10-32)6-8-22-19-11-17(5-7-21(19)26-27-22)20-12-25-30(4)24(20)33-15/h5-8,11-12,15,32H,9-10,13-14H2,1-4H3,(H,26,27)/b8-6+/t15-/m0/s1. The van der Waals surface area contributed by atoms with Gasteiger partial charge in [-0.2, -0.15) is 15.3 Å². The maximum Gasteiger partial charge on any atom is 0.219 e. The Labute approximate surface area is 192 Å². The number of fused-ring (bicyclic) bond motifs is 4. The van der Waals surface area contributed by atoms with Crippen molar-refractivity contribution in [2.24, 2.45) is 7.05 Å². The summed E-state index contributed by atoms with van der Waals surface area (Å²) in [6.07, 6.45) is 5.94. The summed E-state index contributed by atoms with van der Waals surface area (Å²) in [5, 5.41) is 27.4. The SMILES string of the molecule is Cc1c2c(nn1CCO)CN(C)C[C@H](C)Oc1c(cnn1C)-c1ccc3n[nH]c(c3c1)/C=C/2. The molecule has 0 aliphatic carbocycles. The van der Waals surface area contributed by atoms with E-state index in [0.29, 0.717) is 13.1 Å². The molecule has 33 heavy (non-hydrogen) atoms. The molecule has 1 aliphatic heterocycles. The molecule has 172 valence electrons. The number of likely N-dealkylation sites (N-methyl/N-ethyl adjacent to an activating group) is 1. The Balaban J connectivity index is 1.67. The number of nitrogens with zero attached hydrogens (tertiary/aromatic N) is 6. The van der Waals surface area contributed by atoms with Crippen molar-refractivity contribution in [1.82, 2.24) is 34.7 Å². The zero-order valence-corrected chi connectivity index (χ0v) is 19.4. The molecule has 0 fully saturated rings. The lowest BCUT2D eigenvalue weighted by Crippen LogP contribution is -2.31. The van der Waals surface area contributed by atoms with Crippen LogP contribution < -0.4 is 4.74 Å². The van der Waals surface area contributed by atoms with Crippen molar-refractivity contribution in [3.8, 4) is 17.0 Å². The molecule has 0 saturated heterocycles. The Kier molecular flexibility index (Phi) is 5.51. The highest BCUT2D eigenvalue weighted by Crippen LogP contribution is 2.33. The second-order valence-electron chi connectivity index (χ2n) is 8.71. The van der Waals surface area contributed by atoms with Crippen LogP contribution in [0.4, 0.5) is 0 Å². The molecule has 0 radical (unpaired) electrons. The molecule has 1 aromatic carbocycles. The Morgan fingerprint density at radius 3 is 2.91 bits per heavy atom. The minimum absolute atomic E-state index is 0.0484. The number of nitrogens with one attached hydrogen (secondary N) is 1. The van der Waals surface area contributed by atoms with Gasteiger partial charge in [-0.1, -0.05) is 6.07 Å². The minimum Gasteiger partial charge on any atom is -0.473 e. The van der Waals surface area contributed by atoms with Crippen LogP contribution in [0.3, 0.4) is 0 Å². The van der Waals surface area contributed by atoms with Crippen LogP contribution in [0.2, 0.25) is 0 Å². The molecule has 0 unspecified atom stereocenters. The van der Waals surface area contributed by atoms with Gasteiger partial charge in [0.2, 0.25) is 5.88 Å². The predicted octanol–water partition coefficient (Wildman–Crippen LogP) is 2.84. The summed E-state index contributed by atoms with van der Waals surface area (Å²) in [6.45, 7) is 6.01. The van der Waals surface area contributed by atoms with Crippen molar-refractivity contribution in [1.29, 1.82) is 0 Å². The van der Waals surface area contributed by atoms with Crippen LogP contribution in [0.25, 0.3) is 34.2 Å². The zero-order chi connectivity index (χ0) is 23.1. The summed E-state index contributed by atoms with van der Waals surface area (Å²) in [7, 11) is 3.97. The fourth-order valence-electron chi connectivity index (χ4n) is 4.51. The van der Waals surface area contributed by atoms with E-state index >= 15 is 0 Å². The lowest BCUT2D eigenvalue weighted by molar-refractivity contribution is 0.148. The first-order chi connectivity index (χ1) is 15.9. The fraction of sp³-hybridized carbons (Fsp3) is 0.375. The third-order valence-corrected chi connectivity index (χ3v) is 6.14. The van der Waals surface area contributed by atoms with Crippen molar-refractivity contribution in [3.63, 3.8) is 0 Å².